The molecule has 1 saturated heterocycles. The molecule has 3 N–H and O–H groups in total. The fraction of sp³-hybridized carbons (Fsp3) is 0.0952. The number of aromatic nitrogens is 1. The Kier molecular flexibility index (Phi) is 5.26. The molecule has 4 amide bonds. The maximum atomic E-state index is 12.5. The fourth-order valence-corrected chi connectivity index (χ4v) is 3.41. The van der Waals surface area contributed by atoms with Crippen LogP contribution in [-0.4, -0.2) is 28.6 Å². The number of nitrogens with one attached hydrogen (secondary N) is 3. The minimum Gasteiger partial charge on any atom is -0.360 e. The standard InChI is InChI=1S/C21H15ClN4O5/c22-12-3-6-16-14(9-12)19(29)15(10-23-16)21(31)25-24-20(30)11-1-4-13(5-2-11)26-17(27)7-8-18(26)28/h1-6,9-10H,7-8H2,(H,23,29)(H,24,30)(H,25,31). The minimum absolute atomic E-state index is 0.160. The molecule has 2 heterocycles. The van der Waals surface area contributed by atoms with Gasteiger partial charge in [-0.15, -0.1) is 0 Å². The molecule has 10 heteroatoms. The number of amides is 4. The first-order valence-corrected chi connectivity index (χ1v) is 9.60. The summed E-state index contributed by atoms with van der Waals surface area (Å²) in [6.45, 7) is 0. The lowest BCUT2D eigenvalue weighted by Gasteiger charge is -2.14. The van der Waals surface area contributed by atoms with Crippen molar-refractivity contribution in [3.05, 3.63) is 75.0 Å². The molecular weight excluding hydrogens is 424 g/mol. The van der Waals surface area contributed by atoms with Gasteiger partial charge >= 0.3 is 0 Å². The normalized spacial score (nSPS) is 13.5. The van der Waals surface area contributed by atoms with Crippen molar-refractivity contribution in [2.24, 2.45) is 0 Å². The average molecular weight is 439 g/mol. The van der Waals surface area contributed by atoms with Gasteiger partial charge < -0.3 is 4.98 Å². The number of anilines is 1. The number of aromatic amines is 1. The van der Waals surface area contributed by atoms with Crippen LogP contribution in [0.2, 0.25) is 5.02 Å². The van der Waals surface area contributed by atoms with Crippen molar-refractivity contribution in [3.63, 3.8) is 0 Å². The maximum Gasteiger partial charge on any atom is 0.275 e. The molecule has 9 nitrogen and oxygen atoms in total. The second kappa shape index (κ2) is 8.04. The summed E-state index contributed by atoms with van der Waals surface area (Å²) < 4.78 is 0. The number of hydrogen-bond donors (Lipinski definition) is 3. The number of H-pyrrole nitrogens is 1. The van der Waals surface area contributed by atoms with Gasteiger partial charge in [-0.1, -0.05) is 11.6 Å². The Morgan fingerprint density at radius 1 is 0.903 bits per heavy atom. The summed E-state index contributed by atoms with van der Waals surface area (Å²) >= 11 is 5.91. The highest BCUT2D eigenvalue weighted by Crippen LogP contribution is 2.22. The zero-order valence-electron chi connectivity index (χ0n) is 15.9. The Bertz CT molecular complexity index is 1280. The van der Waals surface area contributed by atoms with Gasteiger partial charge in [-0.25, -0.2) is 0 Å². The maximum absolute atomic E-state index is 12.5. The third-order valence-electron chi connectivity index (χ3n) is 4.82. The lowest BCUT2D eigenvalue weighted by atomic mass is 10.1. The van der Waals surface area contributed by atoms with Crippen LogP contribution in [0.5, 0.6) is 0 Å². The number of imide groups is 1. The molecule has 1 aliphatic heterocycles. The predicted octanol–water partition coefficient (Wildman–Crippen LogP) is 1.91. The molecule has 0 aliphatic carbocycles. The number of halogens is 1. The molecule has 1 aromatic heterocycles. The molecule has 0 spiro atoms. The zero-order valence-corrected chi connectivity index (χ0v) is 16.7. The van der Waals surface area contributed by atoms with Crippen LogP contribution >= 0.6 is 11.6 Å². The van der Waals surface area contributed by atoms with Crippen molar-refractivity contribution < 1.29 is 19.2 Å². The Labute approximate surface area is 180 Å². The molecule has 0 unspecified atom stereocenters. The molecule has 0 radical (unpaired) electrons. The lowest BCUT2D eigenvalue weighted by Crippen LogP contribution is -2.43. The zero-order chi connectivity index (χ0) is 22.1. The Morgan fingerprint density at radius 2 is 1.55 bits per heavy atom. The van der Waals surface area contributed by atoms with Gasteiger partial charge in [0.15, 0.2) is 0 Å². The number of hydrogen-bond acceptors (Lipinski definition) is 5. The second-order valence-corrected chi connectivity index (χ2v) is 7.24. The van der Waals surface area contributed by atoms with E-state index in [0.29, 0.717) is 16.2 Å². The van der Waals surface area contributed by atoms with E-state index in [0.717, 1.165) is 4.90 Å². The lowest BCUT2D eigenvalue weighted by molar-refractivity contribution is -0.121. The van der Waals surface area contributed by atoms with Crippen LogP contribution in [-0.2, 0) is 9.59 Å². The van der Waals surface area contributed by atoms with E-state index in [2.05, 4.69) is 15.8 Å². The first-order chi connectivity index (χ1) is 14.8. The van der Waals surface area contributed by atoms with Crippen molar-refractivity contribution in [2.45, 2.75) is 12.8 Å². The summed E-state index contributed by atoms with van der Waals surface area (Å²) in [4.78, 5) is 64.7. The van der Waals surface area contributed by atoms with E-state index in [9.17, 15) is 24.0 Å². The molecule has 1 aliphatic rings. The highest BCUT2D eigenvalue weighted by molar-refractivity contribution is 6.31. The number of nitrogens with zero attached hydrogens (tertiary/aromatic N) is 1. The molecule has 0 bridgehead atoms. The number of rotatable bonds is 3. The number of benzene rings is 2. The summed E-state index contributed by atoms with van der Waals surface area (Å²) in [5, 5.41) is 0.595. The van der Waals surface area contributed by atoms with E-state index in [1.165, 1.54) is 36.5 Å². The van der Waals surface area contributed by atoms with E-state index in [-0.39, 0.29) is 41.2 Å². The highest BCUT2D eigenvalue weighted by atomic mass is 35.5. The van der Waals surface area contributed by atoms with Gasteiger partial charge in [-0.3, -0.25) is 39.7 Å². The third kappa shape index (κ3) is 3.90. The number of pyridine rings is 1. The molecule has 156 valence electrons. The topological polar surface area (TPSA) is 128 Å². The molecular formula is C21H15ClN4O5. The molecule has 0 saturated carbocycles. The first-order valence-electron chi connectivity index (χ1n) is 9.22. The first kappa shape index (κ1) is 20.3. The van der Waals surface area contributed by atoms with E-state index >= 15 is 0 Å². The SMILES string of the molecule is O=C(NNC(=O)c1c[nH]c2ccc(Cl)cc2c1=O)c1ccc(N2C(=O)CCC2=O)cc1. The minimum atomic E-state index is -0.804. The van der Waals surface area contributed by atoms with E-state index in [4.69, 9.17) is 11.6 Å². The van der Waals surface area contributed by atoms with Crippen LogP contribution in [0.1, 0.15) is 33.6 Å². The summed E-state index contributed by atoms with van der Waals surface area (Å²) in [5.41, 5.74) is 4.76. The molecule has 0 atom stereocenters. The van der Waals surface area contributed by atoms with Gasteiger partial charge in [-0.05, 0) is 42.5 Å². The van der Waals surface area contributed by atoms with Gasteiger partial charge in [0, 0.05) is 40.5 Å². The van der Waals surface area contributed by atoms with Crippen LogP contribution in [0.4, 0.5) is 5.69 Å². The van der Waals surface area contributed by atoms with E-state index < -0.39 is 17.2 Å². The van der Waals surface area contributed by atoms with Crippen LogP contribution in [0.25, 0.3) is 10.9 Å². The third-order valence-corrected chi connectivity index (χ3v) is 5.05. The largest absolute Gasteiger partial charge is 0.360 e. The van der Waals surface area contributed by atoms with Crippen molar-refractivity contribution in [1.82, 2.24) is 15.8 Å². The van der Waals surface area contributed by atoms with Gasteiger partial charge in [0.05, 0.1) is 5.69 Å². The highest BCUT2D eigenvalue weighted by Gasteiger charge is 2.30. The van der Waals surface area contributed by atoms with Crippen molar-refractivity contribution in [2.75, 3.05) is 4.90 Å². The van der Waals surface area contributed by atoms with Crippen LogP contribution in [0, 0.1) is 0 Å². The molecule has 3 aromatic rings. The number of carbonyl (C=O) groups excluding carboxylic acids is 4. The monoisotopic (exact) mass is 438 g/mol. The molecule has 1 fully saturated rings. The number of carbonyl (C=O) groups is 4. The van der Waals surface area contributed by atoms with Gasteiger partial charge in [0.1, 0.15) is 5.56 Å². The average Bonchev–Trinajstić information content (AvgIpc) is 3.10. The summed E-state index contributed by atoms with van der Waals surface area (Å²) in [5.74, 6) is -2.03. The molecule has 2 aromatic carbocycles. The van der Waals surface area contributed by atoms with Crippen LogP contribution in [0.15, 0.2) is 53.5 Å². The van der Waals surface area contributed by atoms with Crippen molar-refractivity contribution >= 4 is 51.8 Å². The number of hydrazine groups is 1. The van der Waals surface area contributed by atoms with Gasteiger partial charge in [-0.2, -0.15) is 0 Å². The van der Waals surface area contributed by atoms with Gasteiger partial charge in [0.2, 0.25) is 17.2 Å². The Balaban J connectivity index is 1.45. The fourth-order valence-electron chi connectivity index (χ4n) is 3.24. The van der Waals surface area contributed by atoms with Crippen LogP contribution in [0.3, 0.4) is 0 Å². The summed E-state index contributed by atoms with van der Waals surface area (Å²) in [7, 11) is 0. The van der Waals surface area contributed by atoms with E-state index in [1.54, 1.807) is 12.1 Å². The Hall–Kier alpha value is -3.98. The van der Waals surface area contributed by atoms with Crippen LogP contribution < -0.4 is 21.2 Å². The quantitative estimate of drug-likeness (QED) is 0.425. The predicted molar refractivity (Wildman–Crippen MR) is 113 cm³/mol. The van der Waals surface area contributed by atoms with E-state index in [1.807, 2.05) is 0 Å². The molecule has 31 heavy (non-hydrogen) atoms. The summed E-state index contributed by atoms with van der Waals surface area (Å²) in [6, 6.07) is 10.4. The summed E-state index contributed by atoms with van der Waals surface area (Å²) in [6.07, 6.45) is 1.57. The van der Waals surface area contributed by atoms with Gasteiger partial charge in [0.25, 0.3) is 11.8 Å². The molecule has 4 rings (SSSR count). The number of fused-ring (bicyclic) bond motifs is 1. The van der Waals surface area contributed by atoms with Crippen molar-refractivity contribution in [3.8, 4) is 0 Å². The smallest absolute Gasteiger partial charge is 0.275 e. The second-order valence-electron chi connectivity index (χ2n) is 6.80. The Morgan fingerprint density at radius 3 is 2.23 bits per heavy atom. The van der Waals surface area contributed by atoms with Crippen molar-refractivity contribution in [1.29, 1.82) is 0 Å².